The lowest BCUT2D eigenvalue weighted by atomic mass is 10.0. The molecule has 0 spiro atoms. The van der Waals surface area contributed by atoms with Crippen LogP contribution in [0, 0.1) is 16.0 Å². The van der Waals surface area contributed by atoms with E-state index in [0.29, 0.717) is 22.7 Å². The minimum Gasteiger partial charge on any atom is -0.347 e. The zero-order valence-corrected chi connectivity index (χ0v) is 14.6. The number of halogens is 1. The van der Waals surface area contributed by atoms with E-state index < -0.39 is 4.92 Å². The highest BCUT2D eigenvalue weighted by Gasteiger charge is 2.17. The average Bonchev–Trinajstić information content (AvgIpc) is 2.88. The van der Waals surface area contributed by atoms with Crippen molar-refractivity contribution in [2.24, 2.45) is 11.7 Å². The van der Waals surface area contributed by atoms with E-state index in [1.165, 1.54) is 23.5 Å². The van der Waals surface area contributed by atoms with E-state index in [4.69, 9.17) is 5.73 Å². The molecule has 2 rings (SSSR count). The maximum Gasteiger partial charge on any atom is 0.270 e. The molecule has 3 N–H and O–H groups in total. The number of hydrogen-bond acceptors (Lipinski definition) is 5. The van der Waals surface area contributed by atoms with E-state index in [1.807, 2.05) is 0 Å². The van der Waals surface area contributed by atoms with Gasteiger partial charge in [-0.1, -0.05) is 13.8 Å². The third-order valence-electron chi connectivity index (χ3n) is 3.31. The van der Waals surface area contributed by atoms with Gasteiger partial charge in [-0.05, 0) is 24.5 Å². The van der Waals surface area contributed by atoms with Crippen molar-refractivity contribution < 1.29 is 9.72 Å². The predicted octanol–water partition coefficient (Wildman–Crippen LogP) is 3.33. The van der Waals surface area contributed by atoms with Gasteiger partial charge in [0.1, 0.15) is 0 Å². The number of carbonyl (C=O) groups is 1. The molecule has 0 aliphatic heterocycles. The number of hydrogen-bond donors (Lipinski definition) is 2. The van der Waals surface area contributed by atoms with E-state index in [0.717, 1.165) is 11.1 Å². The molecule has 8 heteroatoms. The SMILES string of the molecule is CC(C)CC(CN)NC(=O)c1cc2cc([N+](=O)[O-])ccc2s1.Cl. The summed E-state index contributed by atoms with van der Waals surface area (Å²) in [5.74, 6) is 0.263. The number of nitrogens with one attached hydrogen (secondary N) is 1. The Balaban J connectivity index is 0.00000264. The average molecular weight is 358 g/mol. The van der Waals surface area contributed by atoms with Crippen molar-refractivity contribution >= 4 is 45.4 Å². The molecular weight excluding hydrogens is 338 g/mol. The van der Waals surface area contributed by atoms with E-state index in [9.17, 15) is 14.9 Å². The molecule has 0 aliphatic carbocycles. The Morgan fingerprint density at radius 1 is 1.39 bits per heavy atom. The minimum absolute atomic E-state index is 0. The van der Waals surface area contributed by atoms with Gasteiger partial charge in [0.25, 0.3) is 11.6 Å². The van der Waals surface area contributed by atoms with Gasteiger partial charge in [-0.2, -0.15) is 0 Å². The highest BCUT2D eigenvalue weighted by Crippen LogP contribution is 2.29. The summed E-state index contributed by atoms with van der Waals surface area (Å²) in [6.45, 7) is 4.54. The molecule has 23 heavy (non-hydrogen) atoms. The zero-order chi connectivity index (χ0) is 16.3. The molecule has 0 aliphatic rings. The van der Waals surface area contributed by atoms with Gasteiger partial charge in [0.15, 0.2) is 0 Å². The number of benzene rings is 1. The quantitative estimate of drug-likeness (QED) is 0.611. The van der Waals surface area contributed by atoms with E-state index >= 15 is 0 Å². The van der Waals surface area contributed by atoms with Gasteiger partial charge in [-0.3, -0.25) is 14.9 Å². The van der Waals surface area contributed by atoms with Gasteiger partial charge in [0.05, 0.1) is 9.80 Å². The lowest BCUT2D eigenvalue weighted by Gasteiger charge is -2.18. The van der Waals surface area contributed by atoms with Crippen LogP contribution in [0.5, 0.6) is 0 Å². The lowest BCUT2D eigenvalue weighted by Crippen LogP contribution is -2.40. The number of nitro groups is 1. The van der Waals surface area contributed by atoms with E-state index in [1.54, 1.807) is 12.1 Å². The maximum atomic E-state index is 12.3. The van der Waals surface area contributed by atoms with Crippen LogP contribution in [0.4, 0.5) is 5.69 Å². The van der Waals surface area contributed by atoms with Crippen molar-refractivity contribution in [3.8, 4) is 0 Å². The van der Waals surface area contributed by atoms with Crippen LogP contribution in [0.3, 0.4) is 0 Å². The van der Waals surface area contributed by atoms with Gasteiger partial charge in [-0.25, -0.2) is 0 Å². The largest absolute Gasteiger partial charge is 0.347 e. The van der Waals surface area contributed by atoms with Crippen molar-refractivity contribution in [2.75, 3.05) is 6.54 Å². The molecule has 1 amide bonds. The fraction of sp³-hybridized carbons (Fsp3) is 0.400. The molecule has 0 bridgehead atoms. The van der Waals surface area contributed by atoms with Crippen LogP contribution in [0.25, 0.3) is 10.1 Å². The third-order valence-corrected chi connectivity index (χ3v) is 4.43. The summed E-state index contributed by atoms with van der Waals surface area (Å²) < 4.78 is 0.851. The van der Waals surface area contributed by atoms with Crippen molar-refractivity contribution in [1.29, 1.82) is 0 Å². The molecular formula is C15H20ClN3O3S. The van der Waals surface area contributed by atoms with Gasteiger partial charge in [0.2, 0.25) is 0 Å². The van der Waals surface area contributed by atoms with Crippen LogP contribution in [0.15, 0.2) is 24.3 Å². The highest BCUT2D eigenvalue weighted by atomic mass is 35.5. The first kappa shape index (κ1) is 19.3. The smallest absolute Gasteiger partial charge is 0.270 e. The van der Waals surface area contributed by atoms with Crippen LogP contribution in [-0.4, -0.2) is 23.4 Å². The summed E-state index contributed by atoms with van der Waals surface area (Å²) in [4.78, 5) is 23.2. The van der Waals surface area contributed by atoms with Crippen molar-refractivity contribution in [1.82, 2.24) is 5.32 Å². The van der Waals surface area contributed by atoms with Gasteiger partial charge < -0.3 is 11.1 Å². The second-order valence-electron chi connectivity index (χ2n) is 5.63. The number of nitrogens with zero attached hydrogens (tertiary/aromatic N) is 1. The summed E-state index contributed by atoms with van der Waals surface area (Å²) in [6.07, 6.45) is 0.818. The van der Waals surface area contributed by atoms with Crippen LogP contribution in [0.1, 0.15) is 29.9 Å². The molecule has 6 nitrogen and oxygen atoms in total. The first-order valence-corrected chi connectivity index (χ1v) is 7.91. The number of nitro benzene ring substituents is 1. The summed E-state index contributed by atoms with van der Waals surface area (Å²) in [5.41, 5.74) is 5.71. The Morgan fingerprint density at radius 3 is 2.65 bits per heavy atom. The molecule has 0 radical (unpaired) electrons. The normalized spacial score (nSPS) is 12.0. The third kappa shape index (κ3) is 4.89. The number of amides is 1. The second kappa shape index (κ2) is 8.24. The Hall–Kier alpha value is -1.70. The predicted molar refractivity (Wildman–Crippen MR) is 95.5 cm³/mol. The second-order valence-corrected chi connectivity index (χ2v) is 6.71. The van der Waals surface area contributed by atoms with E-state index in [-0.39, 0.29) is 30.0 Å². The monoisotopic (exact) mass is 357 g/mol. The fourth-order valence-electron chi connectivity index (χ4n) is 2.30. The number of fused-ring (bicyclic) bond motifs is 1. The molecule has 2 aromatic rings. The minimum atomic E-state index is -0.441. The number of non-ortho nitro benzene ring substituents is 1. The molecule has 1 heterocycles. The van der Waals surface area contributed by atoms with Crippen molar-refractivity contribution in [2.45, 2.75) is 26.3 Å². The zero-order valence-electron chi connectivity index (χ0n) is 12.9. The molecule has 1 aromatic carbocycles. The van der Waals surface area contributed by atoms with Crippen LogP contribution >= 0.6 is 23.7 Å². The number of nitrogens with two attached hydrogens (primary N) is 1. The summed E-state index contributed by atoms with van der Waals surface area (Å²) in [6, 6.07) is 6.22. The molecule has 0 saturated carbocycles. The standard InChI is InChI=1S/C15H19N3O3S.ClH/c1-9(2)5-11(8-16)17-15(19)14-7-10-6-12(18(20)21)3-4-13(10)22-14;/h3-4,6-7,9,11H,5,8,16H2,1-2H3,(H,17,19);1H. The number of carbonyl (C=O) groups excluding carboxylic acids is 1. The van der Waals surface area contributed by atoms with Crippen LogP contribution < -0.4 is 11.1 Å². The first-order valence-electron chi connectivity index (χ1n) is 7.09. The molecule has 1 atom stereocenters. The maximum absolute atomic E-state index is 12.3. The van der Waals surface area contributed by atoms with Crippen LogP contribution in [-0.2, 0) is 0 Å². The van der Waals surface area contributed by atoms with Crippen molar-refractivity contribution in [3.05, 3.63) is 39.3 Å². The summed E-state index contributed by atoms with van der Waals surface area (Å²) >= 11 is 1.32. The first-order chi connectivity index (χ1) is 10.4. The lowest BCUT2D eigenvalue weighted by molar-refractivity contribution is -0.384. The number of rotatable bonds is 6. The summed E-state index contributed by atoms with van der Waals surface area (Å²) in [7, 11) is 0. The Morgan fingerprint density at radius 2 is 2.09 bits per heavy atom. The van der Waals surface area contributed by atoms with Gasteiger partial charge in [0, 0.05) is 34.8 Å². The fourth-order valence-corrected chi connectivity index (χ4v) is 3.24. The van der Waals surface area contributed by atoms with Gasteiger partial charge >= 0.3 is 0 Å². The Labute approximate surface area is 144 Å². The Bertz CT molecular complexity index is 702. The molecule has 1 unspecified atom stereocenters. The van der Waals surface area contributed by atoms with E-state index in [2.05, 4.69) is 19.2 Å². The van der Waals surface area contributed by atoms with Crippen LogP contribution in [0.2, 0.25) is 0 Å². The van der Waals surface area contributed by atoms with Gasteiger partial charge in [-0.15, -0.1) is 23.7 Å². The molecule has 1 aromatic heterocycles. The number of thiophene rings is 1. The highest BCUT2D eigenvalue weighted by molar-refractivity contribution is 7.20. The molecule has 126 valence electrons. The Kier molecular flexibility index (Phi) is 6.93. The van der Waals surface area contributed by atoms with Crippen molar-refractivity contribution in [3.63, 3.8) is 0 Å². The molecule has 0 fully saturated rings. The topological polar surface area (TPSA) is 98.3 Å². The molecule has 0 saturated heterocycles. The summed E-state index contributed by atoms with van der Waals surface area (Å²) in [5, 5.41) is 14.4.